The van der Waals surface area contributed by atoms with Crippen molar-refractivity contribution >= 4 is 18.0 Å². The first-order chi connectivity index (χ1) is 5.54. The number of ether oxygens (including phenoxy) is 1. The van der Waals surface area contributed by atoms with Gasteiger partial charge in [0.15, 0.2) is 6.29 Å². The molecule has 5 nitrogen and oxygen atoms in total. The van der Waals surface area contributed by atoms with Gasteiger partial charge in [0.1, 0.15) is 5.92 Å². The predicted octanol–water partition coefficient (Wildman–Crippen LogP) is -0.510. The van der Waals surface area contributed by atoms with Crippen LogP contribution in [-0.2, 0) is 19.1 Å². The van der Waals surface area contributed by atoms with E-state index >= 15 is 0 Å². The molecular formula is C7H10O5. The molecule has 2 atom stereocenters. The number of hydrogen-bond acceptors (Lipinski definition) is 4. The summed E-state index contributed by atoms with van der Waals surface area (Å²) in [5.74, 6) is -3.72. The summed E-state index contributed by atoms with van der Waals surface area (Å²) in [6.45, 7) is 1.42. The third-order valence-corrected chi connectivity index (χ3v) is 1.53. The van der Waals surface area contributed by atoms with Crippen LogP contribution in [0, 0.1) is 5.92 Å². The zero-order valence-electron chi connectivity index (χ0n) is 6.81. The number of carbonyl (C=O) groups is 3. The molecule has 0 amide bonds. The number of carbonyl (C=O) groups excluding carboxylic acids is 2. The molecule has 0 saturated carbocycles. The molecule has 0 aromatic rings. The molecule has 0 radical (unpaired) electrons. The first-order valence-corrected chi connectivity index (χ1v) is 3.29. The second kappa shape index (κ2) is 4.61. The zero-order valence-corrected chi connectivity index (χ0v) is 6.81. The van der Waals surface area contributed by atoms with Crippen LogP contribution >= 0.6 is 0 Å². The van der Waals surface area contributed by atoms with E-state index in [1.54, 1.807) is 0 Å². The SMILES string of the molecule is COC(C)C(C(=O)O)C(=O)C=O. The number of carboxylic acids is 1. The summed E-state index contributed by atoms with van der Waals surface area (Å²) in [5.41, 5.74) is 0. The van der Waals surface area contributed by atoms with Crippen LogP contribution in [-0.4, -0.2) is 36.4 Å². The van der Waals surface area contributed by atoms with Crippen LogP contribution in [0.1, 0.15) is 6.92 Å². The summed E-state index contributed by atoms with van der Waals surface area (Å²) in [7, 11) is 1.28. The normalized spacial score (nSPS) is 14.8. The van der Waals surface area contributed by atoms with Gasteiger partial charge in [-0.25, -0.2) is 0 Å². The largest absolute Gasteiger partial charge is 0.481 e. The van der Waals surface area contributed by atoms with E-state index in [1.165, 1.54) is 14.0 Å². The molecule has 0 aliphatic carbocycles. The Morgan fingerprint density at radius 1 is 1.50 bits per heavy atom. The van der Waals surface area contributed by atoms with E-state index in [2.05, 4.69) is 4.74 Å². The minimum Gasteiger partial charge on any atom is -0.481 e. The second-order valence-electron chi connectivity index (χ2n) is 2.28. The summed E-state index contributed by atoms with van der Waals surface area (Å²) in [6.07, 6.45) is -0.797. The molecule has 0 rings (SSSR count). The summed E-state index contributed by atoms with van der Waals surface area (Å²) in [4.78, 5) is 31.2. The number of ketones is 1. The lowest BCUT2D eigenvalue weighted by atomic mass is 9.99. The molecule has 0 spiro atoms. The molecule has 0 aromatic carbocycles. The highest BCUT2D eigenvalue weighted by atomic mass is 16.5. The Balaban J connectivity index is 4.54. The van der Waals surface area contributed by atoms with Crippen molar-refractivity contribution in [3.8, 4) is 0 Å². The van der Waals surface area contributed by atoms with Gasteiger partial charge >= 0.3 is 5.97 Å². The van der Waals surface area contributed by atoms with Crippen LogP contribution in [0.3, 0.4) is 0 Å². The lowest BCUT2D eigenvalue weighted by Crippen LogP contribution is -2.35. The van der Waals surface area contributed by atoms with Crippen molar-refractivity contribution in [3.05, 3.63) is 0 Å². The topological polar surface area (TPSA) is 80.7 Å². The smallest absolute Gasteiger partial charge is 0.317 e. The number of hydrogen-bond donors (Lipinski definition) is 1. The van der Waals surface area contributed by atoms with Gasteiger partial charge in [0.25, 0.3) is 0 Å². The average Bonchev–Trinajstić information content (AvgIpc) is 2.03. The molecule has 0 saturated heterocycles. The Kier molecular flexibility index (Phi) is 4.14. The lowest BCUT2D eigenvalue weighted by molar-refractivity contribution is -0.153. The van der Waals surface area contributed by atoms with Crippen molar-refractivity contribution in [2.45, 2.75) is 13.0 Å². The van der Waals surface area contributed by atoms with E-state index in [4.69, 9.17) is 5.11 Å². The number of methoxy groups -OCH3 is 1. The average molecular weight is 174 g/mol. The lowest BCUT2D eigenvalue weighted by Gasteiger charge is -2.14. The molecule has 0 aromatic heterocycles. The van der Waals surface area contributed by atoms with Crippen molar-refractivity contribution < 1.29 is 24.2 Å². The van der Waals surface area contributed by atoms with Crippen LogP contribution in [0.15, 0.2) is 0 Å². The van der Waals surface area contributed by atoms with Crippen molar-refractivity contribution in [3.63, 3.8) is 0 Å². The molecule has 68 valence electrons. The van der Waals surface area contributed by atoms with Gasteiger partial charge in [0, 0.05) is 7.11 Å². The summed E-state index contributed by atoms with van der Waals surface area (Å²) in [6, 6.07) is 0. The van der Waals surface area contributed by atoms with Gasteiger partial charge in [-0.15, -0.1) is 0 Å². The minimum atomic E-state index is -1.40. The Hall–Kier alpha value is -1.23. The van der Waals surface area contributed by atoms with Gasteiger partial charge in [-0.1, -0.05) is 0 Å². The molecule has 1 N–H and O–H groups in total. The summed E-state index contributed by atoms with van der Waals surface area (Å²) >= 11 is 0. The minimum absolute atomic E-state index is 0.00565. The Morgan fingerprint density at radius 3 is 2.25 bits per heavy atom. The van der Waals surface area contributed by atoms with E-state index in [-0.39, 0.29) is 6.29 Å². The third kappa shape index (κ3) is 2.43. The van der Waals surface area contributed by atoms with Crippen LogP contribution in [0.25, 0.3) is 0 Å². The van der Waals surface area contributed by atoms with E-state index in [9.17, 15) is 14.4 Å². The first-order valence-electron chi connectivity index (χ1n) is 3.29. The number of aldehydes is 1. The van der Waals surface area contributed by atoms with Gasteiger partial charge < -0.3 is 9.84 Å². The number of carboxylic acid groups (broad SMARTS) is 1. The maximum absolute atomic E-state index is 10.7. The quantitative estimate of drug-likeness (QED) is 0.345. The van der Waals surface area contributed by atoms with Crippen molar-refractivity contribution in [1.29, 1.82) is 0 Å². The molecule has 5 heteroatoms. The molecule has 0 heterocycles. The Bertz CT molecular complexity index is 198. The van der Waals surface area contributed by atoms with Crippen molar-refractivity contribution in [2.24, 2.45) is 5.92 Å². The molecular weight excluding hydrogens is 164 g/mol. The first kappa shape index (κ1) is 10.8. The number of rotatable bonds is 5. The van der Waals surface area contributed by atoms with E-state index in [0.717, 1.165) is 0 Å². The fraction of sp³-hybridized carbons (Fsp3) is 0.571. The van der Waals surface area contributed by atoms with Gasteiger partial charge in [-0.3, -0.25) is 14.4 Å². The van der Waals surface area contributed by atoms with Gasteiger partial charge in [-0.2, -0.15) is 0 Å². The van der Waals surface area contributed by atoms with Gasteiger partial charge in [-0.05, 0) is 6.92 Å². The molecule has 0 fully saturated rings. The highest BCUT2D eigenvalue weighted by Crippen LogP contribution is 2.07. The van der Waals surface area contributed by atoms with Crippen LogP contribution < -0.4 is 0 Å². The van der Waals surface area contributed by atoms with Crippen molar-refractivity contribution in [2.75, 3.05) is 7.11 Å². The zero-order chi connectivity index (χ0) is 9.72. The molecule has 0 aliphatic heterocycles. The van der Waals surface area contributed by atoms with E-state index in [0.29, 0.717) is 0 Å². The number of aliphatic carboxylic acids is 1. The van der Waals surface area contributed by atoms with Gasteiger partial charge in [0.05, 0.1) is 6.10 Å². The summed E-state index contributed by atoms with van der Waals surface area (Å²) in [5, 5.41) is 8.52. The monoisotopic (exact) mass is 174 g/mol. The second-order valence-corrected chi connectivity index (χ2v) is 2.28. The van der Waals surface area contributed by atoms with Crippen LogP contribution in [0.4, 0.5) is 0 Å². The highest BCUT2D eigenvalue weighted by molar-refractivity contribution is 6.30. The van der Waals surface area contributed by atoms with E-state index in [1.807, 2.05) is 0 Å². The maximum atomic E-state index is 10.7. The molecule has 0 aliphatic rings. The van der Waals surface area contributed by atoms with Crippen LogP contribution in [0.5, 0.6) is 0 Å². The molecule has 12 heavy (non-hydrogen) atoms. The molecule has 2 unspecified atom stereocenters. The third-order valence-electron chi connectivity index (χ3n) is 1.53. The Labute approximate surface area is 69.3 Å². The van der Waals surface area contributed by atoms with E-state index < -0.39 is 23.8 Å². The fourth-order valence-corrected chi connectivity index (χ4v) is 0.763. The molecule has 0 bridgehead atoms. The predicted molar refractivity (Wildman–Crippen MR) is 38.7 cm³/mol. The van der Waals surface area contributed by atoms with Crippen molar-refractivity contribution in [1.82, 2.24) is 0 Å². The maximum Gasteiger partial charge on any atom is 0.317 e. The van der Waals surface area contributed by atoms with Crippen LogP contribution in [0.2, 0.25) is 0 Å². The highest BCUT2D eigenvalue weighted by Gasteiger charge is 2.31. The Morgan fingerprint density at radius 2 is 2.00 bits per heavy atom. The standard InChI is InChI=1S/C7H10O5/c1-4(12-2)6(7(10)11)5(9)3-8/h3-4,6H,1-2H3,(H,10,11). The number of Topliss-reactive ketones (excluding diaryl/α,β-unsaturated/α-hetero) is 1. The van der Waals surface area contributed by atoms with Gasteiger partial charge in [0.2, 0.25) is 5.78 Å². The fourth-order valence-electron chi connectivity index (χ4n) is 0.763. The summed E-state index contributed by atoms with van der Waals surface area (Å²) < 4.78 is 4.64.